The summed E-state index contributed by atoms with van der Waals surface area (Å²) in [5, 5.41) is 3.61. The highest BCUT2D eigenvalue weighted by Crippen LogP contribution is 2.37. The summed E-state index contributed by atoms with van der Waals surface area (Å²) in [6.45, 7) is 3.10. The van der Waals surface area contributed by atoms with Crippen LogP contribution in [0.15, 0.2) is 36.4 Å². The van der Waals surface area contributed by atoms with E-state index in [1.807, 2.05) is 0 Å². The Morgan fingerprint density at radius 1 is 1.05 bits per heavy atom. The number of hydrogen-bond donors (Lipinski definition) is 1. The number of nitrogens with one attached hydrogen (secondary N) is 1. The highest BCUT2D eigenvalue weighted by Gasteiger charge is 2.23. The molecule has 110 valence electrons. The van der Waals surface area contributed by atoms with Gasteiger partial charge in [0.1, 0.15) is 0 Å². The van der Waals surface area contributed by atoms with Crippen LogP contribution < -0.4 is 14.8 Å². The topological polar surface area (TPSA) is 30.5 Å². The number of fused-ring (bicyclic) bond motifs is 1. The van der Waals surface area contributed by atoms with Crippen molar-refractivity contribution in [1.82, 2.24) is 5.32 Å². The lowest BCUT2D eigenvalue weighted by Gasteiger charge is -2.28. The zero-order chi connectivity index (χ0) is 14.8. The maximum Gasteiger partial charge on any atom is 0.161 e. The summed E-state index contributed by atoms with van der Waals surface area (Å²) in [6.07, 6.45) is 1.01. The van der Waals surface area contributed by atoms with Gasteiger partial charge in [0.05, 0.1) is 20.3 Å². The first-order valence-electron chi connectivity index (χ1n) is 7.27. The number of rotatable bonds is 3. The maximum absolute atomic E-state index is 5.46. The summed E-state index contributed by atoms with van der Waals surface area (Å²) in [4.78, 5) is 0. The molecule has 1 aliphatic heterocycles. The van der Waals surface area contributed by atoms with Gasteiger partial charge in [-0.2, -0.15) is 0 Å². The van der Waals surface area contributed by atoms with Gasteiger partial charge in [0.25, 0.3) is 0 Å². The van der Waals surface area contributed by atoms with Crippen LogP contribution in [0.3, 0.4) is 0 Å². The Morgan fingerprint density at radius 3 is 2.52 bits per heavy atom. The van der Waals surface area contributed by atoms with Gasteiger partial charge in [-0.25, -0.2) is 0 Å². The average molecular weight is 283 g/mol. The van der Waals surface area contributed by atoms with E-state index in [2.05, 4.69) is 48.6 Å². The van der Waals surface area contributed by atoms with Crippen LogP contribution in [0.25, 0.3) is 0 Å². The molecular formula is C18H21NO2. The Kier molecular flexibility index (Phi) is 3.84. The Labute approximate surface area is 125 Å². The molecule has 0 amide bonds. The normalized spacial score (nSPS) is 17.2. The van der Waals surface area contributed by atoms with Crippen molar-refractivity contribution in [3.63, 3.8) is 0 Å². The molecule has 1 aliphatic rings. The third kappa shape index (κ3) is 2.61. The second-order valence-corrected chi connectivity index (χ2v) is 5.46. The van der Waals surface area contributed by atoms with E-state index in [4.69, 9.17) is 9.47 Å². The molecule has 0 spiro atoms. The predicted molar refractivity (Wildman–Crippen MR) is 84.3 cm³/mol. The molecule has 0 bridgehead atoms. The molecule has 0 aromatic heterocycles. The van der Waals surface area contributed by atoms with Crippen LogP contribution in [0.2, 0.25) is 0 Å². The van der Waals surface area contributed by atoms with Crippen molar-refractivity contribution >= 4 is 0 Å². The van der Waals surface area contributed by atoms with Gasteiger partial charge in [0.15, 0.2) is 11.5 Å². The second-order valence-electron chi connectivity index (χ2n) is 5.46. The summed E-state index contributed by atoms with van der Waals surface area (Å²) >= 11 is 0. The summed E-state index contributed by atoms with van der Waals surface area (Å²) in [6, 6.07) is 13.1. The van der Waals surface area contributed by atoms with E-state index in [1.54, 1.807) is 14.2 Å². The zero-order valence-corrected chi connectivity index (χ0v) is 12.8. The number of aryl methyl sites for hydroxylation is 1. The lowest BCUT2D eigenvalue weighted by molar-refractivity contribution is 0.353. The minimum atomic E-state index is 0.216. The summed E-state index contributed by atoms with van der Waals surface area (Å²) in [5.74, 6) is 1.60. The SMILES string of the molecule is COc1cc2c(cc1OC)C(c1cccc(C)c1)NCC2. The maximum atomic E-state index is 5.46. The summed E-state index contributed by atoms with van der Waals surface area (Å²) < 4.78 is 10.9. The first kappa shape index (κ1) is 14.0. The van der Waals surface area contributed by atoms with Gasteiger partial charge < -0.3 is 14.8 Å². The van der Waals surface area contributed by atoms with Crippen LogP contribution in [0.1, 0.15) is 28.3 Å². The van der Waals surface area contributed by atoms with Crippen LogP contribution in [0.5, 0.6) is 11.5 Å². The fraction of sp³-hybridized carbons (Fsp3) is 0.333. The highest BCUT2D eigenvalue weighted by atomic mass is 16.5. The number of hydrogen-bond acceptors (Lipinski definition) is 3. The molecule has 1 unspecified atom stereocenters. The fourth-order valence-corrected chi connectivity index (χ4v) is 3.03. The van der Waals surface area contributed by atoms with Crippen LogP contribution >= 0.6 is 0 Å². The van der Waals surface area contributed by atoms with E-state index in [0.717, 1.165) is 24.5 Å². The van der Waals surface area contributed by atoms with Gasteiger partial charge in [-0.1, -0.05) is 29.8 Å². The third-order valence-electron chi connectivity index (χ3n) is 4.07. The molecule has 0 saturated heterocycles. The molecule has 0 radical (unpaired) electrons. The van der Waals surface area contributed by atoms with Gasteiger partial charge in [0.2, 0.25) is 0 Å². The smallest absolute Gasteiger partial charge is 0.161 e. The molecule has 3 heteroatoms. The number of benzene rings is 2. The standard InChI is InChI=1S/C18H21NO2/c1-12-5-4-6-14(9-12)18-15-11-17(21-3)16(20-2)10-13(15)7-8-19-18/h4-6,9-11,18-19H,7-8H2,1-3H3. The van der Waals surface area contributed by atoms with Gasteiger partial charge in [-0.15, -0.1) is 0 Å². The monoisotopic (exact) mass is 283 g/mol. The first-order chi connectivity index (χ1) is 10.2. The molecular weight excluding hydrogens is 262 g/mol. The quantitative estimate of drug-likeness (QED) is 0.938. The molecule has 0 fully saturated rings. The molecule has 3 nitrogen and oxygen atoms in total. The van der Waals surface area contributed by atoms with E-state index in [1.165, 1.54) is 22.3 Å². The average Bonchev–Trinajstić information content (AvgIpc) is 2.52. The van der Waals surface area contributed by atoms with Crippen molar-refractivity contribution in [3.05, 3.63) is 58.7 Å². The van der Waals surface area contributed by atoms with Crippen LogP contribution in [-0.2, 0) is 6.42 Å². The van der Waals surface area contributed by atoms with Crippen molar-refractivity contribution in [1.29, 1.82) is 0 Å². The Bertz CT molecular complexity index is 652. The van der Waals surface area contributed by atoms with Crippen molar-refractivity contribution in [3.8, 4) is 11.5 Å². The molecule has 2 aromatic carbocycles. The van der Waals surface area contributed by atoms with E-state index >= 15 is 0 Å². The van der Waals surface area contributed by atoms with E-state index in [0.29, 0.717) is 0 Å². The number of methoxy groups -OCH3 is 2. The lowest BCUT2D eigenvalue weighted by Crippen LogP contribution is -2.30. The molecule has 1 atom stereocenters. The van der Waals surface area contributed by atoms with E-state index in [9.17, 15) is 0 Å². The van der Waals surface area contributed by atoms with Crippen molar-refractivity contribution in [2.24, 2.45) is 0 Å². The largest absolute Gasteiger partial charge is 0.493 e. The molecule has 3 rings (SSSR count). The Balaban J connectivity index is 2.09. The van der Waals surface area contributed by atoms with Gasteiger partial charge >= 0.3 is 0 Å². The Hall–Kier alpha value is -2.00. The zero-order valence-electron chi connectivity index (χ0n) is 12.8. The molecule has 1 heterocycles. The predicted octanol–water partition coefficient (Wildman–Crippen LogP) is 3.25. The van der Waals surface area contributed by atoms with E-state index < -0.39 is 0 Å². The van der Waals surface area contributed by atoms with Crippen LogP contribution in [0.4, 0.5) is 0 Å². The summed E-state index contributed by atoms with van der Waals surface area (Å²) in [5.41, 5.74) is 5.19. The van der Waals surface area contributed by atoms with Crippen LogP contribution in [-0.4, -0.2) is 20.8 Å². The van der Waals surface area contributed by atoms with E-state index in [-0.39, 0.29) is 6.04 Å². The minimum Gasteiger partial charge on any atom is -0.493 e. The first-order valence-corrected chi connectivity index (χ1v) is 7.27. The van der Waals surface area contributed by atoms with Gasteiger partial charge in [-0.05, 0) is 42.2 Å². The fourth-order valence-electron chi connectivity index (χ4n) is 3.03. The third-order valence-corrected chi connectivity index (χ3v) is 4.07. The van der Waals surface area contributed by atoms with Crippen molar-refractivity contribution < 1.29 is 9.47 Å². The highest BCUT2D eigenvalue weighted by molar-refractivity contribution is 5.51. The molecule has 0 aliphatic carbocycles. The molecule has 2 aromatic rings. The second kappa shape index (κ2) is 5.78. The minimum absolute atomic E-state index is 0.216. The van der Waals surface area contributed by atoms with Crippen molar-refractivity contribution in [2.75, 3.05) is 20.8 Å². The van der Waals surface area contributed by atoms with Crippen molar-refractivity contribution in [2.45, 2.75) is 19.4 Å². The molecule has 1 N–H and O–H groups in total. The van der Waals surface area contributed by atoms with Crippen LogP contribution in [0, 0.1) is 6.92 Å². The molecule has 21 heavy (non-hydrogen) atoms. The molecule has 0 saturated carbocycles. The van der Waals surface area contributed by atoms with Gasteiger partial charge in [0, 0.05) is 6.54 Å². The lowest BCUT2D eigenvalue weighted by atomic mass is 9.89. The number of ether oxygens (including phenoxy) is 2. The van der Waals surface area contributed by atoms with Gasteiger partial charge in [-0.3, -0.25) is 0 Å². The Morgan fingerprint density at radius 2 is 1.81 bits per heavy atom. The summed E-state index contributed by atoms with van der Waals surface area (Å²) in [7, 11) is 3.37.